The lowest BCUT2D eigenvalue weighted by atomic mass is 10.1. The first-order valence-corrected chi connectivity index (χ1v) is 10.1. The average molecular weight is 382 g/mol. The van der Waals surface area contributed by atoms with E-state index < -0.39 is 0 Å². The number of carbonyl (C=O) groups excluding carboxylic acids is 1. The van der Waals surface area contributed by atoms with Crippen LogP contribution in [-0.4, -0.2) is 56.7 Å². The molecule has 1 amide bonds. The second kappa shape index (κ2) is 9.00. The Hall–Kier alpha value is -2.69. The number of amides is 1. The third kappa shape index (κ3) is 4.41. The highest BCUT2D eigenvalue weighted by Crippen LogP contribution is 2.23. The summed E-state index contributed by atoms with van der Waals surface area (Å²) < 4.78 is 5.32. The van der Waals surface area contributed by atoms with E-state index in [2.05, 4.69) is 48.8 Å². The number of nitrogens with zero attached hydrogens (tertiary/aromatic N) is 3. The first kappa shape index (κ1) is 20.1. The van der Waals surface area contributed by atoms with Gasteiger partial charge < -0.3 is 19.4 Å². The molecule has 0 saturated carbocycles. The molecule has 150 valence electrons. The molecule has 0 aromatic heterocycles. The summed E-state index contributed by atoms with van der Waals surface area (Å²) in [5.41, 5.74) is 3.07. The van der Waals surface area contributed by atoms with Gasteiger partial charge in [0.25, 0.3) is 5.91 Å². The molecule has 5 heteroatoms. The molecule has 1 fully saturated rings. The van der Waals surface area contributed by atoms with Gasteiger partial charge in [0.05, 0.1) is 7.11 Å². The highest BCUT2D eigenvalue weighted by atomic mass is 16.5. The first-order chi connectivity index (χ1) is 13.5. The predicted octanol–water partition coefficient (Wildman–Crippen LogP) is 3.89. The maximum Gasteiger partial charge on any atom is 0.253 e. The van der Waals surface area contributed by atoms with Crippen molar-refractivity contribution in [2.75, 3.05) is 49.6 Å². The minimum Gasteiger partial charge on any atom is -0.497 e. The van der Waals surface area contributed by atoms with E-state index in [1.165, 1.54) is 0 Å². The van der Waals surface area contributed by atoms with Crippen molar-refractivity contribution in [1.82, 2.24) is 4.90 Å². The largest absolute Gasteiger partial charge is 0.497 e. The summed E-state index contributed by atoms with van der Waals surface area (Å²) in [4.78, 5) is 19.5. The Balaban J connectivity index is 1.62. The highest BCUT2D eigenvalue weighted by molar-refractivity contribution is 5.94. The molecule has 0 atom stereocenters. The molecule has 1 saturated heterocycles. The molecule has 0 aliphatic carbocycles. The van der Waals surface area contributed by atoms with Gasteiger partial charge in [-0.2, -0.15) is 0 Å². The van der Waals surface area contributed by atoms with E-state index in [1.807, 2.05) is 35.2 Å². The maximum atomic E-state index is 12.9. The number of hydrogen-bond acceptors (Lipinski definition) is 4. The number of anilines is 2. The normalized spacial score (nSPS) is 14.3. The lowest BCUT2D eigenvalue weighted by molar-refractivity contribution is 0.0747. The number of ether oxygens (including phenoxy) is 1. The van der Waals surface area contributed by atoms with Crippen LogP contribution in [-0.2, 0) is 0 Å². The smallest absolute Gasteiger partial charge is 0.253 e. The Morgan fingerprint density at radius 2 is 1.75 bits per heavy atom. The molecule has 3 rings (SSSR count). The van der Waals surface area contributed by atoms with E-state index in [0.29, 0.717) is 6.04 Å². The van der Waals surface area contributed by atoms with Gasteiger partial charge in [0.2, 0.25) is 0 Å². The molecule has 0 bridgehead atoms. The van der Waals surface area contributed by atoms with Gasteiger partial charge >= 0.3 is 0 Å². The minimum absolute atomic E-state index is 0.115. The topological polar surface area (TPSA) is 36.0 Å². The average Bonchev–Trinajstić information content (AvgIpc) is 2.74. The minimum atomic E-state index is 0.115. The summed E-state index contributed by atoms with van der Waals surface area (Å²) in [7, 11) is 1.68. The molecule has 28 heavy (non-hydrogen) atoms. The van der Waals surface area contributed by atoms with Gasteiger partial charge in [-0.3, -0.25) is 4.79 Å². The SMILES string of the molecule is CCN(c1ccc(C(=O)N2CCN(c3cccc(OC)c3)CC2)cc1)C(C)C. The van der Waals surface area contributed by atoms with Crippen molar-refractivity contribution in [2.24, 2.45) is 0 Å². The molecule has 0 unspecified atom stereocenters. The number of carbonyl (C=O) groups is 1. The fourth-order valence-corrected chi connectivity index (χ4v) is 3.80. The monoisotopic (exact) mass is 381 g/mol. The summed E-state index contributed by atoms with van der Waals surface area (Å²) in [5, 5.41) is 0. The third-order valence-corrected chi connectivity index (χ3v) is 5.40. The van der Waals surface area contributed by atoms with Crippen LogP contribution in [0.5, 0.6) is 5.75 Å². The Kier molecular flexibility index (Phi) is 6.45. The summed E-state index contributed by atoms with van der Waals surface area (Å²) in [6.07, 6.45) is 0. The number of benzene rings is 2. The lowest BCUT2D eigenvalue weighted by Crippen LogP contribution is -2.48. The van der Waals surface area contributed by atoms with Crippen LogP contribution < -0.4 is 14.5 Å². The molecule has 1 heterocycles. The number of piperazine rings is 1. The fraction of sp³-hybridized carbons (Fsp3) is 0.435. The second-order valence-corrected chi connectivity index (χ2v) is 7.41. The zero-order chi connectivity index (χ0) is 20.1. The van der Waals surface area contributed by atoms with Crippen molar-refractivity contribution < 1.29 is 9.53 Å². The highest BCUT2D eigenvalue weighted by Gasteiger charge is 2.22. The lowest BCUT2D eigenvalue weighted by Gasteiger charge is -2.36. The van der Waals surface area contributed by atoms with Crippen molar-refractivity contribution in [3.8, 4) is 5.75 Å². The molecule has 2 aromatic carbocycles. The van der Waals surface area contributed by atoms with Crippen molar-refractivity contribution in [2.45, 2.75) is 26.8 Å². The number of methoxy groups -OCH3 is 1. The standard InChI is InChI=1S/C23H31N3O2/c1-5-26(18(2)3)20-11-9-19(10-12-20)23(27)25-15-13-24(14-16-25)21-7-6-8-22(17-21)28-4/h6-12,17-18H,5,13-16H2,1-4H3. The van der Waals surface area contributed by atoms with Crippen LogP contribution in [0.2, 0.25) is 0 Å². The van der Waals surface area contributed by atoms with Gasteiger partial charge in [-0.1, -0.05) is 6.07 Å². The summed E-state index contributed by atoms with van der Waals surface area (Å²) in [5.74, 6) is 0.975. The van der Waals surface area contributed by atoms with E-state index in [0.717, 1.165) is 55.4 Å². The zero-order valence-corrected chi connectivity index (χ0v) is 17.4. The van der Waals surface area contributed by atoms with Crippen LogP contribution in [0.15, 0.2) is 48.5 Å². The van der Waals surface area contributed by atoms with Gasteiger partial charge in [-0.15, -0.1) is 0 Å². The Morgan fingerprint density at radius 1 is 1.07 bits per heavy atom. The number of hydrogen-bond donors (Lipinski definition) is 0. The van der Waals surface area contributed by atoms with E-state index >= 15 is 0 Å². The summed E-state index contributed by atoms with van der Waals surface area (Å²) in [6, 6.07) is 16.6. The molecule has 0 radical (unpaired) electrons. The van der Waals surface area contributed by atoms with E-state index in [1.54, 1.807) is 7.11 Å². The maximum absolute atomic E-state index is 12.9. The molecule has 0 N–H and O–H groups in total. The van der Waals surface area contributed by atoms with Gasteiger partial charge in [0.1, 0.15) is 5.75 Å². The van der Waals surface area contributed by atoms with E-state index in [-0.39, 0.29) is 5.91 Å². The van der Waals surface area contributed by atoms with Crippen molar-refractivity contribution in [3.63, 3.8) is 0 Å². The summed E-state index contributed by atoms with van der Waals surface area (Å²) >= 11 is 0. The molecule has 1 aliphatic rings. The fourth-order valence-electron chi connectivity index (χ4n) is 3.80. The first-order valence-electron chi connectivity index (χ1n) is 10.1. The molecule has 1 aliphatic heterocycles. The van der Waals surface area contributed by atoms with E-state index in [4.69, 9.17) is 4.74 Å². The summed E-state index contributed by atoms with van der Waals surface area (Å²) in [6.45, 7) is 10.6. The molecule has 2 aromatic rings. The number of rotatable bonds is 6. The van der Waals surface area contributed by atoms with Crippen LogP contribution in [0.1, 0.15) is 31.1 Å². The van der Waals surface area contributed by atoms with Crippen LogP contribution in [0.25, 0.3) is 0 Å². The van der Waals surface area contributed by atoms with Crippen LogP contribution in [0.4, 0.5) is 11.4 Å². The second-order valence-electron chi connectivity index (χ2n) is 7.41. The predicted molar refractivity (Wildman–Crippen MR) is 116 cm³/mol. The van der Waals surface area contributed by atoms with Crippen molar-refractivity contribution in [1.29, 1.82) is 0 Å². The van der Waals surface area contributed by atoms with E-state index in [9.17, 15) is 4.79 Å². The molecule has 0 spiro atoms. The zero-order valence-electron chi connectivity index (χ0n) is 17.4. The quantitative estimate of drug-likeness (QED) is 0.761. The third-order valence-electron chi connectivity index (χ3n) is 5.40. The van der Waals surface area contributed by atoms with Gasteiger partial charge in [0.15, 0.2) is 0 Å². The Bertz CT molecular complexity index is 781. The Labute approximate surface area is 168 Å². The van der Waals surface area contributed by atoms with Crippen LogP contribution in [0, 0.1) is 0 Å². The van der Waals surface area contributed by atoms with Crippen LogP contribution >= 0.6 is 0 Å². The molecular formula is C23H31N3O2. The van der Waals surface area contributed by atoms with Gasteiger partial charge in [-0.05, 0) is 57.2 Å². The van der Waals surface area contributed by atoms with Gasteiger partial charge in [-0.25, -0.2) is 0 Å². The Morgan fingerprint density at radius 3 is 2.32 bits per heavy atom. The van der Waals surface area contributed by atoms with Crippen molar-refractivity contribution >= 4 is 17.3 Å². The van der Waals surface area contributed by atoms with Crippen LogP contribution in [0.3, 0.4) is 0 Å². The van der Waals surface area contributed by atoms with Crippen molar-refractivity contribution in [3.05, 3.63) is 54.1 Å². The molecule has 5 nitrogen and oxygen atoms in total. The van der Waals surface area contributed by atoms with Gasteiger partial charge in [0, 0.05) is 61.8 Å². The molecular weight excluding hydrogens is 350 g/mol.